The number of aliphatic hydroxyl groups excluding tert-OH is 1. The van der Waals surface area contributed by atoms with Gasteiger partial charge in [0.05, 0.1) is 44.3 Å². The van der Waals surface area contributed by atoms with Crippen LogP contribution in [0.2, 0.25) is 0 Å². The highest BCUT2D eigenvalue weighted by Crippen LogP contribution is 2.39. The Hall–Kier alpha value is -3.13. The average Bonchev–Trinajstić information content (AvgIpc) is 3.21. The van der Waals surface area contributed by atoms with Gasteiger partial charge in [-0.2, -0.15) is 0 Å². The van der Waals surface area contributed by atoms with Gasteiger partial charge in [0.25, 0.3) is 0 Å². The van der Waals surface area contributed by atoms with E-state index in [2.05, 4.69) is 40.5 Å². The van der Waals surface area contributed by atoms with Crippen LogP contribution in [0.15, 0.2) is 54.7 Å². The van der Waals surface area contributed by atoms with E-state index in [4.69, 9.17) is 24.4 Å². The summed E-state index contributed by atoms with van der Waals surface area (Å²) in [7, 11) is 3.34. The molecule has 4 rings (SSSR count). The molecule has 2 aromatic rings. The number of aromatic nitrogens is 2. The lowest BCUT2D eigenvalue weighted by Gasteiger charge is -2.18. The standard InChI is InChI=1S/C25H29N3O4/c1-30-19-7-5-18(6-8-19)25-24-22(21-10-9-20(31-2)17-23(21)27-24)11-14-28(25)13-3-4-16-32-26-12-15-29/h5-11,14,17,26,29H,3-4,12-13,15-16H2,1-2H3. The summed E-state index contributed by atoms with van der Waals surface area (Å²) in [6, 6.07) is 16.3. The van der Waals surface area contributed by atoms with E-state index in [0.29, 0.717) is 13.2 Å². The molecule has 2 aliphatic rings. The predicted octanol–water partition coefficient (Wildman–Crippen LogP) is 4.12. The molecule has 7 heteroatoms. The molecule has 0 saturated carbocycles. The zero-order valence-electron chi connectivity index (χ0n) is 18.5. The van der Waals surface area contributed by atoms with E-state index in [9.17, 15) is 0 Å². The molecule has 0 aliphatic carbocycles. The molecule has 32 heavy (non-hydrogen) atoms. The summed E-state index contributed by atoms with van der Waals surface area (Å²) in [5, 5.41) is 9.91. The fourth-order valence-electron chi connectivity index (χ4n) is 3.88. The number of hydrogen-bond donors (Lipinski definition) is 2. The Morgan fingerprint density at radius 1 is 0.969 bits per heavy atom. The van der Waals surface area contributed by atoms with E-state index in [-0.39, 0.29) is 6.61 Å². The van der Waals surface area contributed by atoms with Crippen molar-refractivity contribution < 1.29 is 19.4 Å². The maximum atomic E-state index is 8.79. The van der Waals surface area contributed by atoms with Gasteiger partial charge in [0.15, 0.2) is 0 Å². The molecule has 0 radical (unpaired) electrons. The molecule has 0 spiro atoms. The van der Waals surface area contributed by atoms with Crippen LogP contribution in [0.3, 0.4) is 0 Å². The first-order valence-corrected chi connectivity index (χ1v) is 10.8. The molecule has 0 aromatic heterocycles. The van der Waals surface area contributed by atoms with Crippen molar-refractivity contribution in [2.75, 3.05) is 34.0 Å². The average molecular weight is 436 g/mol. The minimum absolute atomic E-state index is 0.0635. The van der Waals surface area contributed by atoms with Gasteiger partial charge in [-0.05, 0) is 55.3 Å². The van der Waals surface area contributed by atoms with Gasteiger partial charge in [-0.1, -0.05) is 0 Å². The molecule has 7 nitrogen and oxygen atoms in total. The smallest absolute Gasteiger partial charge is 0.121 e. The number of rotatable bonds is 11. The number of nitrogens with zero attached hydrogens (tertiary/aromatic N) is 2. The monoisotopic (exact) mass is 435 g/mol. The highest BCUT2D eigenvalue weighted by molar-refractivity contribution is 6.01. The maximum absolute atomic E-state index is 8.79. The predicted molar refractivity (Wildman–Crippen MR) is 125 cm³/mol. The third-order valence-electron chi connectivity index (χ3n) is 5.49. The number of pyridine rings is 1. The zero-order chi connectivity index (χ0) is 22.3. The molecule has 0 amide bonds. The van der Waals surface area contributed by atoms with Gasteiger partial charge in [0.1, 0.15) is 11.5 Å². The minimum atomic E-state index is 0.0635. The van der Waals surface area contributed by atoms with Crippen molar-refractivity contribution in [1.29, 1.82) is 0 Å². The molecule has 2 heterocycles. The third-order valence-corrected chi connectivity index (χ3v) is 5.49. The first-order chi connectivity index (χ1) is 15.7. The van der Waals surface area contributed by atoms with E-state index < -0.39 is 0 Å². The van der Waals surface area contributed by atoms with E-state index in [1.54, 1.807) is 14.2 Å². The Kier molecular flexibility index (Phi) is 7.21. The van der Waals surface area contributed by atoms with Crippen molar-refractivity contribution in [3.8, 4) is 34.0 Å². The van der Waals surface area contributed by atoms with Gasteiger partial charge in [-0.25, -0.2) is 10.5 Å². The number of methoxy groups -OCH3 is 2. The summed E-state index contributed by atoms with van der Waals surface area (Å²) in [5.41, 5.74) is 7.94. The first-order valence-electron chi connectivity index (χ1n) is 10.8. The summed E-state index contributed by atoms with van der Waals surface area (Å²) in [6.45, 7) is 1.94. The van der Waals surface area contributed by atoms with Crippen LogP contribution in [0.5, 0.6) is 11.5 Å². The van der Waals surface area contributed by atoms with Crippen LogP contribution in [0.25, 0.3) is 33.4 Å². The molecular formula is C25H29N3O4. The Morgan fingerprint density at radius 3 is 2.50 bits per heavy atom. The Labute approximate surface area is 187 Å². The van der Waals surface area contributed by atoms with Crippen molar-refractivity contribution >= 4 is 10.9 Å². The number of aliphatic hydroxyl groups is 1. The molecular weight excluding hydrogens is 406 g/mol. The molecule has 2 aliphatic heterocycles. The molecule has 0 bridgehead atoms. The highest BCUT2D eigenvalue weighted by Gasteiger charge is 2.20. The topological polar surface area (TPSA) is 77.8 Å². The van der Waals surface area contributed by atoms with E-state index in [1.807, 2.05) is 24.3 Å². The molecule has 0 fully saturated rings. The van der Waals surface area contributed by atoms with Gasteiger partial charge in [0, 0.05) is 41.9 Å². The van der Waals surface area contributed by atoms with Gasteiger partial charge >= 0.3 is 0 Å². The van der Waals surface area contributed by atoms with E-state index in [1.165, 1.54) is 0 Å². The normalized spacial score (nSPS) is 11.3. The molecule has 168 valence electrons. The van der Waals surface area contributed by atoms with Crippen molar-refractivity contribution in [1.82, 2.24) is 15.0 Å². The van der Waals surface area contributed by atoms with Crippen LogP contribution in [0.1, 0.15) is 12.8 Å². The Morgan fingerprint density at radius 2 is 1.75 bits per heavy atom. The van der Waals surface area contributed by atoms with Crippen LogP contribution in [0, 0.1) is 0 Å². The van der Waals surface area contributed by atoms with E-state index in [0.717, 1.165) is 64.3 Å². The van der Waals surface area contributed by atoms with Crippen LogP contribution < -0.4 is 15.0 Å². The van der Waals surface area contributed by atoms with Crippen molar-refractivity contribution in [2.24, 2.45) is 0 Å². The minimum Gasteiger partial charge on any atom is -0.497 e. The zero-order valence-corrected chi connectivity index (χ0v) is 18.5. The highest BCUT2D eigenvalue weighted by atomic mass is 16.6. The Bertz CT molecular complexity index is 1120. The summed E-state index contributed by atoms with van der Waals surface area (Å²) in [6.07, 6.45) is 3.99. The van der Waals surface area contributed by atoms with Gasteiger partial charge in [-0.15, -0.1) is 0 Å². The lowest BCUT2D eigenvalue weighted by molar-refractivity contribution is 0.0296. The maximum Gasteiger partial charge on any atom is 0.121 e. The van der Waals surface area contributed by atoms with Crippen LogP contribution in [-0.4, -0.2) is 48.6 Å². The number of benzene rings is 2. The van der Waals surface area contributed by atoms with E-state index >= 15 is 0 Å². The second-order valence-corrected chi connectivity index (χ2v) is 7.52. The van der Waals surface area contributed by atoms with Gasteiger partial charge < -0.3 is 24.0 Å². The molecule has 2 N–H and O–H groups in total. The quantitative estimate of drug-likeness (QED) is 0.273. The summed E-state index contributed by atoms with van der Waals surface area (Å²) < 4.78 is 13.0. The summed E-state index contributed by atoms with van der Waals surface area (Å²) in [5.74, 6) is 1.62. The second kappa shape index (κ2) is 10.5. The fourth-order valence-corrected chi connectivity index (χ4v) is 3.88. The summed E-state index contributed by atoms with van der Waals surface area (Å²) in [4.78, 5) is 10.3. The lowest BCUT2D eigenvalue weighted by atomic mass is 10.0. The van der Waals surface area contributed by atoms with Crippen molar-refractivity contribution in [3.05, 3.63) is 54.7 Å². The molecule has 0 atom stereocenters. The number of unbranched alkanes of at least 4 members (excludes halogenated alkanes) is 1. The van der Waals surface area contributed by atoms with Crippen molar-refractivity contribution in [2.45, 2.75) is 19.4 Å². The fraction of sp³-hybridized carbons (Fsp3) is 0.320. The third kappa shape index (κ3) is 4.70. The SMILES string of the molecule is COc1ccc(-c2c3nc4cc(OC)ccc4c-3ccn2CCCCONCCO)cc1. The number of ether oxygens (including phenoxy) is 2. The number of hydroxylamine groups is 1. The number of fused-ring (bicyclic) bond motifs is 3. The number of nitrogens with one attached hydrogen (secondary N) is 1. The van der Waals surface area contributed by atoms with Crippen LogP contribution >= 0.6 is 0 Å². The molecule has 0 unspecified atom stereocenters. The second-order valence-electron chi connectivity index (χ2n) is 7.52. The molecule has 2 aromatic carbocycles. The Balaban J connectivity index is 1.67. The molecule has 0 saturated heterocycles. The van der Waals surface area contributed by atoms with Crippen molar-refractivity contribution in [3.63, 3.8) is 0 Å². The van der Waals surface area contributed by atoms with Gasteiger partial charge in [-0.3, -0.25) is 0 Å². The van der Waals surface area contributed by atoms with Gasteiger partial charge in [0.2, 0.25) is 0 Å². The lowest BCUT2D eigenvalue weighted by Crippen LogP contribution is -2.19. The van der Waals surface area contributed by atoms with Crippen LogP contribution in [-0.2, 0) is 11.4 Å². The number of aryl methyl sites for hydroxylation is 1. The van der Waals surface area contributed by atoms with Crippen LogP contribution in [0.4, 0.5) is 0 Å². The first kappa shape index (κ1) is 22.1. The summed E-state index contributed by atoms with van der Waals surface area (Å²) >= 11 is 0. The number of hydrogen-bond acceptors (Lipinski definition) is 6. The largest absolute Gasteiger partial charge is 0.497 e.